The van der Waals surface area contributed by atoms with Crippen molar-refractivity contribution in [2.45, 2.75) is 20.1 Å². The molecule has 4 nitrogen and oxygen atoms in total. The normalized spacial score (nSPS) is 11.5. The molecule has 0 saturated carbocycles. The van der Waals surface area contributed by atoms with Crippen LogP contribution in [-0.4, -0.2) is 17.4 Å². The molecule has 2 aromatic carbocycles. The molecule has 124 valence electrons. The van der Waals surface area contributed by atoms with Crippen molar-refractivity contribution in [2.75, 3.05) is 0 Å². The number of benzene rings is 2. The van der Waals surface area contributed by atoms with Gasteiger partial charge in [0.25, 0.3) is 0 Å². The van der Waals surface area contributed by atoms with Gasteiger partial charge in [-0.3, -0.25) is 0 Å². The summed E-state index contributed by atoms with van der Waals surface area (Å²) in [5.74, 6) is 0.581. The van der Waals surface area contributed by atoms with E-state index in [4.69, 9.17) is 9.47 Å². The summed E-state index contributed by atoms with van der Waals surface area (Å²) in [5, 5.41) is 9.64. The minimum absolute atomic E-state index is 0.353. The lowest BCUT2D eigenvalue weighted by Gasteiger charge is -2.13. The van der Waals surface area contributed by atoms with Crippen molar-refractivity contribution in [1.29, 1.82) is 0 Å². The van der Waals surface area contributed by atoms with E-state index < -0.39 is 12.3 Å². The topological polar surface area (TPSA) is 55.8 Å². The maximum absolute atomic E-state index is 11.5. The van der Waals surface area contributed by atoms with Gasteiger partial charge in [0.1, 0.15) is 11.5 Å². The molecule has 0 fully saturated rings. The Morgan fingerprint density at radius 2 is 1.38 bits per heavy atom. The average Bonchev–Trinajstić information content (AvgIpc) is 2.56. The van der Waals surface area contributed by atoms with Crippen molar-refractivity contribution in [1.82, 2.24) is 0 Å². The molecule has 0 spiro atoms. The van der Waals surface area contributed by atoms with Crippen molar-refractivity contribution in [3.05, 3.63) is 72.8 Å². The summed E-state index contributed by atoms with van der Waals surface area (Å²) in [6, 6.07) is 14.5. The molecule has 1 N–H and O–H groups in total. The fraction of sp³-hybridized carbons (Fsp3) is 0.150. The fourth-order valence-electron chi connectivity index (χ4n) is 1.87. The smallest absolute Gasteiger partial charge is 0.338 e. The van der Waals surface area contributed by atoms with E-state index in [2.05, 4.69) is 13.2 Å². The van der Waals surface area contributed by atoms with Crippen LogP contribution in [0.25, 0.3) is 11.1 Å². The first kappa shape index (κ1) is 17.5. The molecule has 0 aliphatic carbocycles. The van der Waals surface area contributed by atoms with Gasteiger partial charge in [-0.15, -0.1) is 0 Å². The van der Waals surface area contributed by atoms with Crippen molar-refractivity contribution in [3.63, 3.8) is 0 Å². The van der Waals surface area contributed by atoms with E-state index in [9.17, 15) is 9.90 Å². The predicted molar refractivity (Wildman–Crippen MR) is 93.8 cm³/mol. The molecule has 0 radical (unpaired) electrons. The van der Waals surface area contributed by atoms with E-state index in [1.165, 1.54) is 0 Å². The lowest BCUT2D eigenvalue weighted by atomic mass is 10.1. The highest BCUT2D eigenvalue weighted by Crippen LogP contribution is 2.25. The van der Waals surface area contributed by atoms with Crippen molar-refractivity contribution in [2.24, 2.45) is 0 Å². The lowest BCUT2D eigenvalue weighted by molar-refractivity contribution is -0.130. The summed E-state index contributed by atoms with van der Waals surface area (Å²) >= 11 is 0. The van der Waals surface area contributed by atoms with Gasteiger partial charge in [0.05, 0.1) is 0 Å². The molecular formula is C20H20O4. The van der Waals surface area contributed by atoms with E-state index in [-0.39, 0.29) is 0 Å². The summed E-state index contributed by atoms with van der Waals surface area (Å²) in [6.07, 6.45) is -1.02. The maximum Gasteiger partial charge on any atom is 0.338 e. The molecule has 24 heavy (non-hydrogen) atoms. The number of hydrogen-bond acceptors (Lipinski definition) is 4. The number of esters is 1. The molecule has 0 aliphatic rings. The summed E-state index contributed by atoms with van der Waals surface area (Å²) in [6.45, 7) is 10.5. The van der Waals surface area contributed by atoms with Crippen LogP contribution in [0.4, 0.5) is 0 Å². The first-order chi connectivity index (χ1) is 11.4. The van der Waals surface area contributed by atoms with Crippen LogP contribution in [0.5, 0.6) is 11.5 Å². The third kappa shape index (κ3) is 4.57. The van der Waals surface area contributed by atoms with Crippen LogP contribution >= 0.6 is 0 Å². The van der Waals surface area contributed by atoms with Gasteiger partial charge < -0.3 is 14.6 Å². The highest BCUT2D eigenvalue weighted by molar-refractivity contribution is 5.88. The highest BCUT2D eigenvalue weighted by atomic mass is 16.6. The first-order valence-corrected chi connectivity index (χ1v) is 7.45. The molecule has 0 amide bonds. The number of hydrogen-bond donors (Lipinski definition) is 1. The Hall–Kier alpha value is -2.85. The minimum atomic E-state index is -1.02. The second-order valence-electron chi connectivity index (χ2n) is 5.54. The zero-order valence-electron chi connectivity index (χ0n) is 13.8. The zero-order chi connectivity index (χ0) is 17.7. The van der Waals surface area contributed by atoms with Crippen LogP contribution in [0.1, 0.15) is 13.8 Å². The van der Waals surface area contributed by atoms with Gasteiger partial charge in [0.15, 0.2) is 0 Å². The van der Waals surface area contributed by atoms with Gasteiger partial charge in [-0.1, -0.05) is 37.4 Å². The predicted octanol–water partition coefficient (Wildman–Crippen LogP) is 4.11. The second-order valence-corrected chi connectivity index (χ2v) is 5.54. The van der Waals surface area contributed by atoms with Crippen LogP contribution in [-0.2, 0) is 4.79 Å². The Bertz CT molecular complexity index is 742. The van der Waals surface area contributed by atoms with E-state index in [1.54, 1.807) is 38.1 Å². The maximum atomic E-state index is 11.5. The third-order valence-electron chi connectivity index (χ3n) is 3.27. The number of aliphatic hydroxyl groups is 1. The molecule has 1 atom stereocenters. The van der Waals surface area contributed by atoms with Crippen LogP contribution in [0.15, 0.2) is 72.8 Å². The molecule has 0 heterocycles. The van der Waals surface area contributed by atoms with Crippen LogP contribution in [0.3, 0.4) is 0 Å². The van der Waals surface area contributed by atoms with Gasteiger partial charge >= 0.3 is 5.97 Å². The van der Waals surface area contributed by atoms with Crippen molar-refractivity contribution in [3.8, 4) is 22.6 Å². The molecule has 4 heteroatoms. The minimum Gasteiger partial charge on any atom is -0.461 e. The Kier molecular flexibility index (Phi) is 5.55. The highest BCUT2D eigenvalue weighted by Gasteiger charge is 2.07. The Labute approximate surface area is 141 Å². The van der Waals surface area contributed by atoms with Gasteiger partial charge in [0.2, 0.25) is 6.29 Å². The zero-order valence-corrected chi connectivity index (χ0v) is 13.8. The molecule has 0 saturated heterocycles. The van der Waals surface area contributed by atoms with Crippen LogP contribution in [0, 0.1) is 0 Å². The molecule has 0 aromatic heterocycles. The Morgan fingerprint density at radius 1 is 0.917 bits per heavy atom. The first-order valence-electron chi connectivity index (χ1n) is 7.45. The van der Waals surface area contributed by atoms with Crippen molar-refractivity contribution < 1.29 is 19.4 Å². The Balaban J connectivity index is 2.07. The number of rotatable bonds is 6. The monoisotopic (exact) mass is 324 g/mol. The summed E-state index contributed by atoms with van der Waals surface area (Å²) in [7, 11) is 0. The van der Waals surface area contributed by atoms with Gasteiger partial charge in [0, 0.05) is 5.57 Å². The summed E-state index contributed by atoms with van der Waals surface area (Å²) in [4.78, 5) is 11.5. The van der Waals surface area contributed by atoms with E-state index in [0.717, 1.165) is 11.1 Å². The SMILES string of the molecule is C=C(C)C(=O)Oc1ccc(-c2ccc(OC(O)C(=C)C)cc2)cc1. The van der Waals surface area contributed by atoms with Gasteiger partial charge in [-0.2, -0.15) is 0 Å². The standard InChI is InChI=1S/C20H20O4/c1-13(2)19(21)23-17-9-5-15(6-10-17)16-7-11-18(12-8-16)24-20(22)14(3)4/h5-12,19,21H,1,3H2,2,4H3. The molecule has 0 aliphatic heterocycles. The van der Waals surface area contributed by atoms with Gasteiger partial charge in [-0.05, 0) is 54.8 Å². The molecule has 1 unspecified atom stereocenters. The average molecular weight is 324 g/mol. The largest absolute Gasteiger partial charge is 0.461 e. The number of ether oxygens (including phenoxy) is 2. The molecule has 2 rings (SSSR count). The second kappa shape index (κ2) is 7.62. The number of aliphatic hydroxyl groups excluding tert-OH is 1. The van der Waals surface area contributed by atoms with E-state index in [0.29, 0.717) is 22.6 Å². The molecule has 2 aromatic rings. The van der Waals surface area contributed by atoms with Crippen molar-refractivity contribution >= 4 is 5.97 Å². The summed E-state index contributed by atoms with van der Waals surface area (Å²) in [5.41, 5.74) is 2.84. The van der Waals surface area contributed by atoms with E-state index >= 15 is 0 Å². The summed E-state index contributed by atoms with van der Waals surface area (Å²) < 4.78 is 10.5. The molecule has 0 bridgehead atoms. The molecular weight excluding hydrogens is 304 g/mol. The quantitative estimate of drug-likeness (QED) is 0.286. The number of carbonyl (C=O) groups excluding carboxylic acids is 1. The van der Waals surface area contributed by atoms with Crippen LogP contribution < -0.4 is 9.47 Å². The number of carbonyl (C=O) groups is 1. The van der Waals surface area contributed by atoms with Gasteiger partial charge in [-0.25, -0.2) is 4.79 Å². The van der Waals surface area contributed by atoms with E-state index in [1.807, 2.05) is 24.3 Å². The Morgan fingerprint density at radius 3 is 1.79 bits per heavy atom. The third-order valence-corrected chi connectivity index (χ3v) is 3.27. The lowest BCUT2D eigenvalue weighted by Crippen LogP contribution is -2.15. The fourth-order valence-corrected chi connectivity index (χ4v) is 1.87. The van der Waals surface area contributed by atoms with Crippen LogP contribution in [0.2, 0.25) is 0 Å².